The van der Waals surface area contributed by atoms with Crippen LogP contribution >= 0.6 is 0 Å². The highest BCUT2D eigenvalue weighted by Gasteiger charge is 2.22. The zero-order chi connectivity index (χ0) is 12.2. The molecule has 4 heteroatoms. The van der Waals surface area contributed by atoms with Crippen molar-refractivity contribution in [2.75, 3.05) is 0 Å². The number of nitrogens with zero attached hydrogens (tertiary/aromatic N) is 1. The third kappa shape index (κ3) is 1.60. The summed E-state index contributed by atoms with van der Waals surface area (Å²) < 4.78 is 11.5. The molecule has 2 aromatic heterocycles. The summed E-state index contributed by atoms with van der Waals surface area (Å²) in [5.41, 5.74) is 2.65. The van der Waals surface area contributed by atoms with E-state index in [9.17, 15) is 0 Å². The largest absolute Gasteiger partial charge is 0.466 e. The number of benzene rings is 1. The van der Waals surface area contributed by atoms with Crippen LogP contribution in [0.2, 0.25) is 19.6 Å². The Balaban J connectivity index is 2.38. The van der Waals surface area contributed by atoms with Crippen LogP contribution in [0.1, 0.15) is 5.89 Å². The van der Waals surface area contributed by atoms with Gasteiger partial charge < -0.3 is 8.83 Å². The van der Waals surface area contributed by atoms with E-state index in [1.54, 1.807) is 0 Å². The van der Waals surface area contributed by atoms with Crippen LogP contribution < -0.4 is 5.38 Å². The van der Waals surface area contributed by atoms with Crippen LogP contribution in [0.15, 0.2) is 27.0 Å². The summed E-state index contributed by atoms with van der Waals surface area (Å²) in [7, 11) is -1.42. The van der Waals surface area contributed by atoms with Crippen LogP contribution in [0.25, 0.3) is 22.1 Å². The van der Waals surface area contributed by atoms with Crippen LogP contribution in [0.3, 0.4) is 0 Å². The van der Waals surface area contributed by atoms with E-state index in [0.29, 0.717) is 5.89 Å². The van der Waals surface area contributed by atoms with Crippen molar-refractivity contribution in [1.29, 1.82) is 0 Å². The van der Waals surface area contributed by atoms with Gasteiger partial charge in [0.1, 0.15) is 19.2 Å². The van der Waals surface area contributed by atoms with Crippen molar-refractivity contribution in [2.24, 2.45) is 0 Å². The van der Waals surface area contributed by atoms with E-state index in [4.69, 9.17) is 8.83 Å². The molecule has 0 aliphatic heterocycles. The predicted molar refractivity (Wildman–Crippen MR) is 71.5 cm³/mol. The summed E-state index contributed by atoms with van der Waals surface area (Å²) in [6, 6.07) is 6.02. The molecule has 0 aliphatic rings. The average Bonchev–Trinajstić information content (AvgIpc) is 2.76. The van der Waals surface area contributed by atoms with Gasteiger partial charge >= 0.3 is 0 Å². The minimum atomic E-state index is -1.42. The minimum Gasteiger partial charge on any atom is -0.466 e. The molecule has 0 radical (unpaired) electrons. The Bertz CT molecular complexity index is 703. The summed E-state index contributed by atoms with van der Waals surface area (Å²) in [6.07, 6.45) is 0. The molecule has 0 aliphatic carbocycles. The molecule has 0 atom stereocenters. The summed E-state index contributed by atoms with van der Waals surface area (Å²) in [6.45, 7) is 8.69. The molecule has 2 heterocycles. The van der Waals surface area contributed by atoms with Crippen molar-refractivity contribution in [1.82, 2.24) is 4.98 Å². The Kier molecular flexibility index (Phi) is 2.01. The van der Waals surface area contributed by atoms with Crippen LogP contribution in [0.5, 0.6) is 0 Å². The maximum Gasteiger partial charge on any atom is 0.192 e. The Hall–Kier alpha value is -1.55. The van der Waals surface area contributed by atoms with Gasteiger partial charge in [-0.15, -0.1) is 0 Å². The second-order valence-electron chi connectivity index (χ2n) is 5.42. The third-order valence-corrected chi connectivity index (χ3v) is 4.63. The Morgan fingerprint density at radius 2 is 1.76 bits per heavy atom. The van der Waals surface area contributed by atoms with Crippen LogP contribution in [0, 0.1) is 6.92 Å². The number of fused-ring (bicyclic) bond motifs is 3. The first-order valence-corrected chi connectivity index (χ1v) is 9.25. The van der Waals surface area contributed by atoms with E-state index in [0.717, 1.165) is 27.5 Å². The SMILES string of the molecule is Cc1nc2c(ccc3oc([Si](C)(C)C)cc32)o1. The molecule has 0 saturated carbocycles. The lowest BCUT2D eigenvalue weighted by Gasteiger charge is -2.10. The van der Waals surface area contributed by atoms with E-state index in [-0.39, 0.29) is 0 Å². The van der Waals surface area contributed by atoms with Gasteiger partial charge in [-0.1, -0.05) is 19.6 Å². The van der Waals surface area contributed by atoms with Crippen molar-refractivity contribution in [2.45, 2.75) is 26.6 Å². The van der Waals surface area contributed by atoms with Gasteiger partial charge in [-0.3, -0.25) is 0 Å². The zero-order valence-corrected chi connectivity index (χ0v) is 11.5. The quantitative estimate of drug-likeness (QED) is 0.617. The van der Waals surface area contributed by atoms with Crippen molar-refractivity contribution in [3.05, 3.63) is 24.1 Å². The van der Waals surface area contributed by atoms with Crippen molar-refractivity contribution >= 4 is 35.5 Å². The monoisotopic (exact) mass is 245 g/mol. The fraction of sp³-hybridized carbons (Fsp3) is 0.308. The second-order valence-corrected chi connectivity index (χ2v) is 10.4. The van der Waals surface area contributed by atoms with E-state index in [1.807, 2.05) is 19.1 Å². The molecular weight excluding hydrogens is 230 g/mol. The maximum absolute atomic E-state index is 5.93. The van der Waals surface area contributed by atoms with Crippen LogP contribution in [0.4, 0.5) is 0 Å². The lowest BCUT2D eigenvalue weighted by Crippen LogP contribution is -2.36. The van der Waals surface area contributed by atoms with Gasteiger partial charge in [-0.05, 0) is 18.2 Å². The molecule has 3 rings (SSSR count). The molecule has 0 fully saturated rings. The smallest absolute Gasteiger partial charge is 0.192 e. The number of hydrogen-bond acceptors (Lipinski definition) is 3. The Labute approximate surface area is 100 Å². The molecule has 3 nitrogen and oxygen atoms in total. The molecule has 0 amide bonds. The number of aryl methyl sites for hydroxylation is 1. The lowest BCUT2D eigenvalue weighted by molar-refractivity contribution is 0.561. The van der Waals surface area contributed by atoms with Crippen molar-refractivity contribution in [3.8, 4) is 0 Å². The van der Waals surface area contributed by atoms with Crippen molar-refractivity contribution < 1.29 is 8.83 Å². The molecule has 3 aromatic rings. The summed E-state index contributed by atoms with van der Waals surface area (Å²) in [4.78, 5) is 4.43. The average molecular weight is 245 g/mol. The summed E-state index contributed by atoms with van der Waals surface area (Å²) >= 11 is 0. The van der Waals surface area contributed by atoms with E-state index >= 15 is 0 Å². The fourth-order valence-electron chi connectivity index (χ4n) is 1.98. The number of rotatable bonds is 1. The normalized spacial score (nSPS) is 12.7. The highest BCUT2D eigenvalue weighted by atomic mass is 28.3. The number of hydrogen-bond donors (Lipinski definition) is 0. The van der Waals surface area contributed by atoms with Crippen LogP contribution in [-0.4, -0.2) is 13.1 Å². The highest BCUT2D eigenvalue weighted by molar-refractivity contribution is 6.87. The van der Waals surface area contributed by atoms with E-state index < -0.39 is 8.07 Å². The lowest BCUT2D eigenvalue weighted by atomic mass is 10.2. The zero-order valence-electron chi connectivity index (χ0n) is 10.5. The summed E-state index contributed by atoms with van der Waals surface area (Å²) in [5, 5.41) is 2.18. The Morgan fingerprint density at radius 3 is 2.47 bits per heavy atom. The molecule has 17 heavy (non-hydrogen) atoms. The second kappa shape index (κ2) is 3.23. The van der Waals surface area contributed by atoms with Gasteiger partial charge in [0.25, 0.3) is 0 Å². The first kappa shape index (κ1) is 10.6. The number of furan rings is 1. The van der Waals surface area contributed by atoms with E-state index in [2.05, 4.69) is 30.7 Å². The first-order chi connectivity index (χ1) is 7.95. The molecule has 1 aromatic carbocycles. The van der Waals surface area contributed by atoms with Gasteiger partial charge in [0.15, 0.2) is 11.5 Å². The van der Waals surface area contributed by atoms with Crippen molar-refractivity contribution in [3.63, 3.8) is 0 Å². The molecule has 0 spiro atoms. The molecular formula is C13H15NO2Si. The molecule has 0 bridgehead atoms. The maximum atomic E-state index is 5.93. The molecule has 88 valence electrons. The number of aromatic nitrogens is 1. The highest BCUT2D eigenvalue weighted by Crippen LogP contribution is 2.26. The van der Waals surface area contributed by atoms with Gasteiger partial charge in [-0.2, -0.15) is 0 Å². The molecule has 0 N–H and O–H groups in total. The molecule has 0 unspecified atom stereocenters. The predicted octanol–water partition coefficient (Wildman–Crippen LogP) is 3.43. The summed E-state index contributed by atoms with van der Waals surface area (Å²) in [5.74, 6) is 0.697. The topological polar surface area (TPSA) is 39.2 Å². The van der Waals surface area contributed by atoms with Gasteiger partial charge in [-0.25, -0.2) is 4.98 Å². The molecule has 0 saturated heterocycles. The third-order valence-electron chi connectivity index (χ3n) is 2.90. The van der Waals surface area contributed by atoms with Gasteiger partial charge in [0.05, 0.1) is 5.38 Å². The minimum absolute atomic E-state index is 0.697. The first-order valence-electron chi connectivity index (χ1n) is 5.75. The Morgan fingerprint density at radius 1 is 1.06 bits per heavy atom. The number of oxazole rings is 1. The van der Waals surface area contributed by atoms with E-state index in [1.165, 1.54) is 0 Å². The standard InChI is InChI=1S/C13H15NO2Si/c1-8-14-13-9-7-12(17(2,3)4)16-10(9)5-6-11(13)15-8/h5-7H,1-4H3. The van der Waals surface area contributed by atoms with Gasteiger partial charge in [0, 0.05) is 12.3 Å². The van der Waals surface area contributed by atoms with Crippen LogP contribution in [-0.2, 0) is 0 Å². The fourth-order valence-corrected chi connectivity index (χ4v) is 2.98. The van der Waals surface area contributed by atoms with Gasteiger partial charge in [0.2, 0.25) is 0 Å².